The van der Waals surface area contributed by atoms with E-state index in [4.69, 9.17) is 10.8 Å². The normalized spacial score (nSPS) is 11.8. The second-order valence-corrected chi connectivity index (χ2v) is 3.62. The molecule has 1 rings (SSSR count). The monoisotopic (exact) mass is 237 g/mol. The van der Waals surface area contributed by atoms with E-state index in [0.717, 1.165) is 0 Å². The van der Waals surface area contributed by atoms with Crippen LogP contribution in [0.15, 0.2) is 18.3 Å². The Balaban J connectivity index is 2.66. The van der Waals surface area contributed by atoms with Gasteiger partial charge in [-0.15, -0.1) is 0 Å². The molecule has 0 bridgehead atoms. The van der Waals surface area contributed by atoms with Crippen LogP contribution in [0, 0.1) is 5.92 Å². The summed E-state index contributed by atoms with van der Waals surface area (Å²) in [4.78, 5) is 25.5. The number of aromatic nitrogens is 1. The molecular weight excluding hydrogens is 222 g/mol. The molecule has 1 aromatic heterocycles. The van der Waals surface area contributed by atoms with Crippen molar-refractivity contribution in [3.05, 3.63) is 24.0 Å². The van der Waals surface area contributed by atoms with Crippen molar-refractivity contribution in [3.63, 3.8) is 0 Å². The zero-order valence-electron chi connectivity index (χ0n) is 9.51. The van der Waals surface area contributed by atoms with Gasteiger partial charge in [0.25, 0.3) is 5.91 Å². The van der Waals surface area contributed by atoms with Crippen LogP contribution in [0.1, 0.15) is 23.8 Å². The Morgan fingerprint density at radius 3 is 2.82 bits per heavy atom. The summed E-state index contributed by atoms with van der Waals surface area (Å²) in [5.74, 6) is -1.91. The van der Waals surface area contributed by atoms with E-state index in [1.807, 2.05) is 6.92 Å². The number of hydrogen-bond acceptors (Lipinski definition) is 4. The molecule has 0 saturated heterocycles. The summed E-state index contributed by atoms with van der Waals surface area (Å²) in [6.07, 6.45) is 1.99. The van der Waals surface area contributed by atoms with Crippen LogP contribution in [-0.4, -0.2) is 28.5 Å². The van der Waals surface area contributed by atoms with Gasteiger partial charge < -0.3 is 16.2 Å². The summed E-state index contributed by atoms with van der Waals surface area (Å²) in [5, 5.41) is 11.8. The van der Waals surface area contributed by atoms with Crippen molar-refractivity contribution in [2.24, 2.45) is 11.7 Å². The molecule has 0 saturated carbocycles. The maximum absolute atomic E-state index is 10.9. The van der Waals surface area contributed by atoms with E-state index < -0.39 is 17.8 Å². The molecule has 1 atom stereocenters. The Morgan fingerprint density at radius 2 is 2.29 bits per heavy atom. The van der Waals surface area contributed by atoms with E-state index in [1.54, 1.807) is 6.07 Å². The maximum atomic E-state index is 10.9. The number of nitrogens with two attached hydrogens (primary N) is 1. The van der Waals surface area contributed by atoms with Gasteiger partial charge in [-0.3, -0.25) is 14.6 Å². The zero-order valence-corrected chi connectivity index (χ0v) is 9.51. The Labute approximate surface area is 98.8 Å². The van der Waals surface area contributed by atoms with Crippen LogP contribution >= 0.6 is 0 Å². The van der Waals surface area contributed by atoms with Crippen molar-refractivity contribution >= 4 is 17.6 Å². The number of nitrogens with zero attached hydrogens (tertiary/aromatic N) is 1. The number of carboxylic acid groups (broad SMARTS) is 1. The predicted octanol–water partition coefficient (Wildman–Crippen LogP) is 0.703. The number of pyridine rings is 1. The molecule has 0 aliphatic carbocycles. The fraction of sp³-hybridized carbons (Fsp3) is 0.364. The number of aliphatic carboxylic acids is 1. The Kier molecular flexibility index (Phi) is 4.45. The van der Waals surface area contributed by atoms with Crippen LogP contribution in [0.2, 0.25) is 0 Å². The lowest BCUT2D eigenvalue weighted by Crippen LogP contribution is -2.22. The first kappa shape index (κ1) is 13.0. The van der Waals surface area contributed by atoms with Crippen molar-refractivity contribution in [1.82, 2.24) is 4.98 Å². The van der Waals surface area contributed by atoms with E-state index >= 15 is 0 Å². The number of nitrogens with one attached hydrogen (secondary N) is 1. The lowest BCUT2D eigenvalue weighted by atomic mass is 10.1. The van der Waals surface area contributed by atoms with Gasteiger partial charge in [-0.25, -0.2) is 0 Å². The summed E-state index contributed by atoms with van der Waals surface area (Å²) in [7, 11) is 0. The van der Waals surface area contributed by atoms with E-state index in [-0.39, 0.29) is 5.69 Å². The molecule has 0 spiro atoms. The third-order valence-corrected chi connectivity index (χ3v) is 2.41. The highest BCUT2D eigenvalue weighted by molar-refractivity contribution is 5.91. The number of anilines is 1. The van der Waals surface area contributed by atoms with Gasteiger partial charge in [0.1, 0.15) is 5.69 Å². The minimum atomic E-state index is -0.843. The van der Waals surface area contributed by atoms with Crippen LogP contribution in [0.5, 0.6) is 0 Å². The number of carboxylic acids is 1. The van der Waals surface area contributed by atoms with Gasteiger partial charge in [0, 0.05) is 18.4 Å². The van der Waals surface area contributed by atoms with E-state index in [1.165, 1.54) is 12.3 Å². The van der Waals surface area contributed by atoms with Crippen molar-refractivity contribution in [1.29, 1.82) is 0 Å². The van der Waals surface area contributed by atoms with Gasteiger partial charge >= 0.3 is 5.97 Å². The Bertz CT molecular complexity index is 420. The molecule has 6 nitrogen and oxygen atoms in total. The summed E-state index contributed by atoms with van der Waals surface area (Å²) in [6, 6.07) is 3.15. The lowest BCUT2D eigenvalue weighted by Gasteiger charge is -2.12. The van der Waals surface area contributed by atoms with Gasteiger partial charge in [0.05, 0.1) is 5.92 Å². The highest BCUT2D eigenvalue weighted by Crippen LogP contribution is 2.10. The zero-order chi connectivity index (χ0) is 12.8. The maximum Gasteiger partial charge on any atom is 0.308 e. The van der Waals surface area contributed by atoms with E-state index in [0.29, 0.717) is 18.7 Å². The summed E-state index contributed by atoms with van der Waals surface area (Å²) in [6.45, 7) is 2.11. The molecule has 1 heterocycles. The molecule has 1 amide bonds. The first-order valence-electron chi connectivity index (χ1n) is 5.27. The molecule has 0 aliphatic heterocycles. The van der Waals surface area contributed by atoms with Crippen molar-refractivity contribution in [2.45, 2.75) is 13.3 Å². The van der Waals surface area contributed by atoms with Crippen LogP contribution in [0.25, 0.3) is 0 Å². The van der Waals surface area contributed by atoms with Gasteiger partial charge in [-0.2, -0.15) is 0 Å². The number of rotatable bonds is 6. The topological polar surface area (TPSA) is 105 Å². The first-order valence-corrected chi connectivity index (χ1v) is 5.27. The molecular formula is C11H15N3O3. The van der Waals surface area contributed by atoms with Crippen LogP contribution in [0.4, 0.5) is 5.69 Å². The first-order chi connectivity index (χ1) is 8.04. The van der Waals surface area contributed by atoms with Crippen molar-refractivity contribution in [3.8, 4) is 0 Å². The Morgan fingerprint density at radius 1 is 1.59 bits per heavy atom. The molecule has 92 valence electrons. The Hall–Kier alpha value is -2.11. The minimum absolute atomic E-state index is 0.151. The van der Waals surface area contributed by atoms with Crippen molar-refractivity contribution < 1.29 is 14.7 Å². The number of amides is 1. The highest BCUT2D eigenvalue weighted by atomic mass is 16.4. The van der Waals surface area contributed by atoms with Gasteiger partial charge in [0.15, 0.2) is 0 Å². The van der Waals surface area contributed by atoms with Gasteiger partial charge in [-0.05, 0) is 18.6 Å². The molecule has 0 radical (unpaired) electrons. The molecule has 6 heteroatoms. The molecule has 1 unspecified atom stereocenters. The smallest absolute Gasteiger partial charge is 0.308 e. The number of carbonyl (C=O) groups is 2. The second kappa shape index (κ2) is 5.83. The number of primary amides is 1. The fourth-order valence-corrected chi connectivity index (χ4v) is 1.32. The van der Waals surface area contributed by atoms with Crippen molar-refractivity contribution in [2.75, 3.05) is 11.9 Å². The molecule has 17 heavy (non-hydrogen) atoms. The van der Waals surface area contributed by atoms with Gasteiger partial charge in [-0.1, -0.05) is 6.92 Å². The quantitative estimate of drug-likeness (QED) is 0.675. The van der Waals surface area contributed by atoms with Crippen LogP contribution < -0.4 is 11.1 Å². The SMILES string of the molecule is CCC(CNc1ccnc(C(N)=O)c1)C(=O)O. The van der Waals surface area contributed by atoms with Crippen LogP contribution in [0.3, 0.4) is 0 Å². The summed E-state index contributed by atoms with van der Waals surface area (Å²) in [5.41, 5.74) is 5.87. The molecule has 0 fully saturated rings. The summed E-state index contributed by atoms with van der Waals surface area (Å²) >= 11 is 0. The van der Waals surface area contributed by atoms with E-state index in [2.05, 4.69) is 10.3 Å². The standard InChI is InChI=1S/C11H15N3O3/c1-2-7(11(16)17)6-14-8-3-4-13-9(5-8)10(12)15/h3-5,7H,2,6H2,1H3,(H2,12,15)(H,13,14)(H,16,17). The minimum Gasteiger partial charge on any atom is -0.481 e. The highest BCUT2D eigenvalue weighted by Gasteiger charge is 2.14. The third kappa shape index (κ3) is 3.75. The largest absolute Gasteiger partial charge is 0.481 e. The van der Waals surface area contributed by atoms with Gasteiger partial charge in [0.2, 0.25) is 0 Å². The molecule has 0 aliphatic rings. The second-order valence-electron chi connectivity index (χ2n) is 3.62. The average Bonchev–Trinajstić information content (AvgIpc) is 2.29. The molecule has 4 N–H and O–H groups in total. The molecule has 0 aromatic carbocycles. The van der Waals surface area contributed by atoms with Crippen LogP contribution in [-0.2, 0) is 4.79 Å². The van der Waals surface area contributed by atoms with E-state index in [9.17, 15) is 9.59 Å². The summed E-state index contributed by atoms with van der Waals surface area (Å²) < 4.78 is 0. The lowest BCUT2D eigenvalue weighted by molar-refractivity contribution is -0.141. The predicted molar refractivity (Wildman–Crippen MR) is 62.7 cm³/mol. The third-order valence-electron chi connectivity index (χ3n) is 2.41. The number of carbonyl (C=O) groups excluding carboxylic acids is 1. The average molecular weight is 237 g/mol. The number of hydrogen-bond donors (Lipinski definition) is 3. The molecule has 1 aromatic rings. The fourth-order valence-electron chi connectivity index (χ4n) is 1.32.